The van der Waals surface area contributed by atoms with Crippen LogP contribution in [0, 0.1) is 0 Å². The van der Waals surface area contributed by atoms with Gasteiger partial charge in [-0.05, 0) is 78.5 Å². The number of para-hydroxylation sites is 1. The fourth-order valence-electron chi connectivity index (χ4n) is 5.91. The Bertz CT molecular complexity index is 1360. The number of benzene rings is 2. The second kappa shape index (κ2) is 10.4. The topological polar surface area (TPSA) is 72.4 Å². The van der Waals surface area contributed by atoms with Crippen LogP contribution in [0.4, 0.5) is 5.82 Å². The van der Waals surface area contributed by atoms with Crippen molar-refractivity contribution in [2.75, 3.05) is 39.0 Å². The fraction of sp³-hybridized carbons (Fsp3) is 0.379. The van der Waals surface area contributed by atoms with Crippen LogP contribution in [0.5, 0.6) is 11.5 Å². The monoisotopic (exact) mass is 560 g/mol. The van der Waals surface area contributed by atoms with E-state index in [4.69, 9.17) is 15.5 Å². The summed E-state index contributed by atoms with van der Waals surface area (Å²) in [5.41, 5.74) is 9.45. The molecule has 192 valence electrons. The molecule has 4 aromatic rings. The van der Waals surface area contributed by atoms with Gasteiger partial charge in [-0.3, -0.25) is 4.90 Å². The fourth-order valence-corrected chi connectivity index (χ4v) is 6.79. The number of nitrogens with zero attached hydrogens (tertiary/aromatic N) is 5. The Kier molecular flexibility index (Phi) is 6.88. The zero-order chi connectivity index (χ0) is 25.4. The normalized spacial score (nSPS) is 21.4. The van der Waals surface area contributed by atoms with E-state index in [0.29, 0.717) is 17.9 Å². The molecule has 2 fully saturated rings. The van der Waals surface area contributed by atoms with Crippen LogP contribution in [-0.4, -0.2) is 63.6 Å². The maximum Gasteiger partial charge on any atom is 0.147 e. The van der Waals surface area contributed by atoms with Crippen LogP contribution in [0.1, 0.15) is 31.7 Å². The Hall–Kier alpha value is -2.94. The van der Waals surface area contributed by atoms with Crippen molar-refractivity contribution in [1.82, 2.24) is 24.3 Å². The summed E-state index contributed by atoms with van der Waals surface area (Å²) in [4.78, 5) is 14.2. The van der Waals surface area contributed by atoms with Crippen molar-refractivity contribution in [3.63, 3.8) is 0 Å². The third-order valence-electron chi connectivity index (χ3n) is 7.96. The number of hydrogen-bond donors (Lipinski definition) is 1. The Morgan fingerprint density at radius 1 is 0.838 bits per heavy atom. The standard InChI is InChI=1S/C29H33BrN6O/c1-34-15-17-35(18-16-34)21-9-11-22(12-10-21)36-27(30)25(26-28(31)32-19-33-29(26)36)20-7-13-24(14-8-20)37-23-5-3-2-4-6-23/h2-8,13-14,19,21-22H,9-12,15-18H2,1H3,(H2,31,32,33)/t21-,22-. The molecule has 2 aromatic carbocycles. The maximum absolute atomic E-state index is 6.45. The van der Waals surface area contributed by atoms with Crippen molar-refractivity contribution >= 4 is 32.8 Å². The molecule has 37 heavy (non-hydrogen) atoms. The van der Waals surface area contributed by atoms with Gasteiger partial charge in [0.2, 0.25) is 0 Å². The SMILES string of the molecule is CN1CCN([C@H]2CC[C@H](n3c(Br)c(-c4ccc(Oc5ccccc5)cc4)c4c(N)ncnc43)CC2)CC1. The average Bonchev–Trinajstić information content (AvgIpc) is 3.23. The van der Waals surface area contributed by atoms with Crippen molar-refractivity contribution < 1.29 is 4.74 Å². The lowest BCUT2D eigenvalue weighted by molar-refractivity contribution is 0.0826. The lowest BCUT2D eigenvalue weighted by Crippen LogP contribution is -2.49. The first-order valence-electron chi connectivity index (χ1n) is 13.1. The minimum absolute atomic E-state index is 0.379. The van der Waals surface area contributed by atoms with Crippen LogP contribution in [-0.2, 0) is 0 Å². The summed E-state index contributed by atoms with van der Waals surface area (Å²) in [6.45, 7) is 4.70. The second-order valence-corrected chi connectivity index (χ2v) is 11.0. The zero-order valence-corrected chi connectivity index (χ0v) is 22.8. The van der Waals surface area contributed by atoms with Gasteiger partial charge in [-0.25, -0.2) is 9.97 Å². The number of ether oxygens (including phenoxy) is 1. The smallest absolute Gasteiger partial charge is 0.147 e. The molecule has 1 saturated heterocycles. The van der Waals surface area contributed by atoms with Gasteiger partial charge in [-0.1, -0.05) is 30.3 Å². The molecular formula is C29H33BrN6O. The Balaban J connectivity index is 1.28. The largest absolute Gasteiger partial charge is 0.457 e. The number of fused-ring (bicyclic) bond motifs is 1. The summed E-state index contributed by atoms with van der Waals surface area (Å²) < 4.78 is 9.39. The summed E-state index contributed by atoms with van der Waals surface area (Å²) in [7, 11) is 2.22. The number of piperazine rings is 1. The summed E-state index contributed by atoms with van der Waals surface area (Å²) >= 11 is 3.96. The summed E-state index contributed by atoms with van der Waals surface area (Å²) in [5.74, 6) is 2.12. The van der Waals surface area contributed by atoms with E-state index in [0.717, 1.165) is 51.1 Å². The van der Waals surface area contributed by atoms with E-state index in [1.807, 2.05) is 42.5 Å². The highest BCUT2D eigenvalue weighted by molar-refractivity contribution is 9.10. The summed E-state index contributed by atoms with van der Waals surface area (Å²) in [6.07, 6.45) is 6.26. The third-order valence-corrected chi connectivity index (χ3v) is 8.74. The quantitative estimate of drug-likeness (QED) is 0.324. The molecule has 8 heteroatoms. The van der Waals surface area contributed by atoms with Gasteiger partial charge in [-0.2, -0.15) is 0 Å². The molecule has 7 nitrogen and oxygen atoms in total. The van der Waals surface area contributed by atoms with Crippen molar-refractivity contribution in [3.8, 4) is 22.6 Å². The molecule has 1 aliphatic carbocycles. The van der Waals surface area contributed by atoms with E-state index in [1.54, 1.807) is 6.33 Å². The summed E-state index contributed by atoms with van der Waals surface area (Å²) in [6, 6.07) is 19.0. The molecule has 0 atom stereocenters. The minimum Gasteiger partial charge on any atom is -0.457 e. The Morgan fingerprint density at radius 3 is 2.19 bits per heavy atom. The van der Waals surface area contributed by atoms with Crippen molar-refractivity contribution in [2.24, 2.45) is 0 Å². The highest BCUT2D eigenvalue weighted by Crippen LogP contribution is 2.44. The molecule has 2 N–H and O–H groups in total. The van der Waals surface area contributed by atoms with Crippen LogP contribution in [0.3, 0.4) is 0 Å². The first-order chi connectivity index (χ1) is 18.1. The van der Waals surface area contributed by atoms with Crippen molar-refractivity contribution in [1.29, 1.82) is 0 Å². The zero-order valence-electron chi connectivity index (χ0n) is 21.2. The van der Waals surface area contributed by atoms with E-state index < -0.39 is 0 Å². The maximum atomic E-state index is 6.45. The van der Waals surface area contributed by atoms with Gasteiger partial charge in [0, 0.05) is 43.8 Å². The second-order valence-electron chi connectivity index (χ2n) is 10.2. The van der Waals surface area contributed by atoms with Gasteiger partial charge >= 0.3 is 0 Å². The third kappa shape index (κ3) is 4.85. The van der Waals surface area contributed by atoms with E-state index >= 15 is 0 Å². The number of halogens is 1. The van der Waals surface area contributed by atoms with Crippen LogP contribution < -0.4 is 10.5 Å². The lowest BCUT2D eigenvalue weighted by atomic mass is 9.89. The molecule has 0 unspecified atom stereocenters. The molecule has 1 aliphatic heterocycles. The van der Waals surface area contributed by atoms with Gasteiger partial charge in [0.25, 0.3) is 0 Å². The molecule has 1 saturated carbocycles. The number of likely N-dealkylation sites (N-methyl/N-ethyl adjacent to an activating group) is 1. The van der Waals surface area contributed by atoms with Crippen molar-refractivity contribution in [2.45, 2.75) is 37.8 Å². The van der Waals surface area contributed by atoms with Crippen LogP contribution >= 0.6 is 15.9 Å². The summed E-state index contributed by atoms with van der Waals surface area (Å²) in [5, 5.41) is 0.910. The van der Waals surface area contributed by atoms with E-state index in [1.165, 1.54) is 39.0 Å². The number of anilines is 1. The predicted octanol–water partition coefficient (Wildman–Crippen LogP) is 5.97. The number of aromatic nitrogens is 3. The van der Waals surface area contributed by atoms with E-state index in [9.17, 15) is 0 Å². The molecule has 6 rings (SSSR count). The lowest BCUT2D eigenvalue weighted by Gasteiger charge is -2.41. The molecule has 2 aliphatic rings. The van der Waals surface area contributed by atoms with Crippen LogP contribution in [0.2, 0.25) is 0 Å². The first-order valence-corrected chi connectivity index (χ1v) is 13.9. The van der Waals surface area contributed by atoms with Gasteiger partial charge in [0.05, 0.1) is 9.99 Å². The van der Waals surface area contributed by atoms with Gasteiger partial charge in [0.1, 0.15) is 29.3 Å². The molecule has 0 amide bonds. The van der Waals surface area contributed by atoms with E-state index in [-0.39, 0.29) is 0 Å². The number of nitrogens with two attached hydrogens (primary N) is 1. The average molecular weight is 562 g/mol. The Morgan fingerprint density at radius 2 is 1.49 bits per heavy atom. The molecule has 0 spiro atoms. The van der Waals surface area contributed by atoms with Gasteiger partial charge < -0.3 is 19.9 Å². The highest BCUT2D eigenvalue weighted by atomic mass is 79.9. The Labute approximate surface area is 226 Å². The molecule has 3 heterocycles. The van der Waals surface area contributed by atoms with Crippen LogP contribution in [0.25, 0.3) is 22.2 Å². The molecule has 2 aromatic heterocycles. The van der Waals surface area contributed by atoms with Gasteiger partial charge in [-0.15, -0.1) is 0 Å². The number of rotatable bonds is 5. The number of hydrogen-bond acceptors (Lipinski definition) is 6. The minimum atomic E-state index is 0.379. The highest BCUT2D eigenvalue weighted by Gasteiger charge is 2.31. The van der Waals surface area contributed by atoms with E-state index in [2.05, 4.69) is 54.5 Å². The number of nitrogen functional groups attached to an aromatic ring is 1. The predicted molar refractivity (Wildman–Crippen MR) is 152 cm³/mol. The van der Waals surface area contributed by atoms with Crippen molar-refractivity contribution in [3.05, 3.63) is 65.5 Å². The molecule has 0 bridgehead atoms. The van der Waals surface area contributed by atoms with Gasteiger partial charge in [0.15, 0.2) is 0 Å². The molecule has 0 radical (unpaired) electrons. The first kappa shape index (κ1) is 24.4. The molecular weight excluding hydrogens is 528 g/mol. The van der Waals surface area contributed by atoms with Crippen LogP contribution in [0.15, 0.2) is 65.5 Å².